The molecule has 1 spiro atoms. The number of rotatable bonds is 2. The first-order chi connectivity index (χ1) is 11.7. The summed E-state index contributed by atoms with van der Waals surface area (Å²) in [6, 6.07) is 5.65. The van der Waals surface area contributed by atoms with Gasteiger partial charge in [0.05, 0.1) is 18.8 Å². The van der Waals surface area contributed by atoms with Crippen LogP contribution in [0.1, 0.15) is 18.4 Å². The molecule has 4 rings (SSSR count). The SMILES string of the molecule is O=C(/C=C/c1ccc2c(c1)OCO2)N1CCOC2(CCOCC2)C1. The standard InChI is InChI=1S/C18H21NO5/c20-17(4-2-14-1-3-15-16(11-14)23-13-22-15)19-7-10-24-18(12-19)5-8-21-9-6-18/h1-4,11H,5-10,12-13H2/b4-2+. The number of fused-ring (bicyclic) bond motifs is 1. The lowest BCUT2D eigenvalue weighted by molar-refractivity contribution is -0.164. The summed E-state index contributed by atoms with van der Waals surface area (Å²) in [6.07, 6.45) is 5.14. The summed E-state index contributed by atoms with van der Waals surface area (Å²) < 4.78 is 22.0. The van der Waals surface area contributed by atoms with E-state index in [1.54, 1.807) is 6.08 Å². The van der Waals surface area contributed by atoms with Gasteiger partial charge < -0.3 is 23.8 Å². The summed E-state index contributed by atoms with van der Waals surface area (Å²) in [5.74, 6) is 1.48. The number of hydrogen-bond donors (Lipinski definition) is 0. The van der Waals surface area contributed by atoms with Crippen LogP contribution in [-0.4, -0.2) is 56.1 Å². The van der Waals surface area contributed by atoms with Crippen molar-refractivity contribution >= 4 is 12.0 Å². The van der Waals surface area contributed by atoms with Crippen molar-refractivity contribution in [2.45, 2.75) is 18.4 Å². The van der Waals surface area contributed by atoms with E-state index in [0.717, 1.165) is 29.9 Å². The van der Waals surface area contributed by atoms with Crippen LogP contribution in [0.25, 0.3) is 6.08 Å². The van der Waals surface area contributed by atoms with Gasteiger partial charge >= 0.3 is 0 Å². The minimum absolute atomic E-state index is 0.0156. The van der Waals surface area contributed by atoms with Crippen LogP contribution >= 0.6 is 0 Å². The Labute approximate surface area is 140 Å². The zero-order valence-electron chi connectivity index (χ0n) is 13.5. The van der Waals surface area contributed by atoms with Gasteiger partial charge in [-0.25, -0.2) is 0 Å². The minimum atomic E-state index is -0.223. The van der Waals surface area contributed by atoms with Crippen LogP contribution in [0.3, 0.4) is 0 Å². The van der Waals surface area contributed by atoms with Gasteiger partial charge in [-0.3, -0.25) is 4.79 Å². The highest BCUT2D eigenvalue weighted by Gasteiger charge is 2.39. The maximum atomic E-state index is 12.5. The van der Waals surface area contributed by atoms with Crippen molar-refractivity contribution in [1.82, 2.24) is 4.90 Å². The maximum Gasteiger partial charge on any atom is 0.246 e. The lowest BCUT2D eigenvalue weighted by Gasteiger charge is -2.44. The number of morpholine rings is 1. The van der Waals surface area contributed by atoms with E-state index in [1.165, 1.54) is 0 Å². The molecule has 128 valence electrons. The summed E-state index contributed by atoms with van der Waals surface area (Å²) in [5, 5.41) is 0. The highest BCUT2D eigenvalue weighted by Crippen LogP contribution is 2.33. The van der Waals surface area contributed by atoms with Gasteiger partial charge in [0.1, 0.15) is 0 Å². The molecule has 3 heterocycles. The average Bonchev–Trinajstić information content (AvgIpc) is 3.08. The molecule has 0 radical (unpaired) electrons. The Kier molecular flexibility index (Phi) is 4.16. The molecule has 0 unspecified atom stereocenters. The first kappa shape index (κ1) is 15.5. The molecule has 0 aliphatic carbocycles. The van der Waals surface area contributed by atoms with Gasteiger partial charge in [0, 0.05) is 38.7 Å². The summed E-state index contributed by atoms with van der Waals surface area (Å²) in [7, 11) is 0. The van der Waals surface area contributed by atoms with Crippen LogP contribution in [0, 0.1) is 0 Å². The Balaban J connectivity index is 1.42. The zero-order chi connectivity index (χ0) is 16.4. The van der Waals surface area contributed by atoms with Gasteiger partial charge in [0.25, 0.3) is 0 Å². The summed E-state index contributed by atoms with van der Waals surface area (Å²) in [5.41, 5.74) is 0.695. The lowest BCUT2D eigenvalue weighted by atomic mass is 9.92. The Hall–Kier alpha value is -2.05. The fraction of sp³-hybridized carbons (Fsp3) is 0.500. The van der Waals surface area contributed by atoms with Crippen LogP contribution in [-0.2, 0) is 14.3 Å². The van der Waals surface area contributed by atoms with E-state index >= 15 is 0 Å². The maximum absolute atomic E-state index is 12.5. The quantitative estimate of drug-likeness (QED) is 0.774. The first-order valence-corrected chi connectivity index (χ1v) is 8.33. The monoisotopic (exact) mass is 331 g/mol. The van der Waals surface area contributed by atoms with Gasteiger partial charge in [-0.2, -0.15) is 0 Å². The smallest absolute Gasteiger partial charge is 0.246 e. The molecule has 0 aromatic heterocycles. The average molecular weight is 331 g/mol. The number of nitrogens with zero attached hydrogens (tertiary/aromatic N) is 1. The first-order valence-electron chi connectivity index (χ1n) is 8.33. The third kappa shape index (κ3) is 3.12. The molecule has 1 amide bonds. The largest absolute Gasteiger partial charge is 0.454 e. The molecule has 0 atom stereocenters. The molecule has 2 saturated heterocycles. The Morgan fingerprint density at radius 1 is 1.12 bits per heavy atom. The molecular weight excluding hydrogens is 310 g/mol. The Bertz CT molecular complexity index is 645. The number of carbonyl (C=O) groups excluding carboxylic acids is 1. The lowest BCUT2D eigenvalue weighted by Crippen LogP contribution is -2.55. The number of amides is 1. The predicted octanol–water partition coefficient (Wildman–Crippen LogP) is 1.84. The van der Waals surface area contributed by atoms with E-state index < -0.39 is 0 Å². The van der Waals surface area contributed by atoms with Crippen LogP contribution in [0.15, 0.2) is 24.3 Å². The van der Waals surface area contributed by atoms with Gasteiger partial charge in [0.2, 0.25) is 12.7 Å². The van der Waals surface area contributed by atoms with Gasteiger partial charge in [0.15, 0.2) is 11.5 Å². The second-order valence-corrected chi connectivity index (χ2v) is 6.35. The van der Waals surface area contributed by atoms with Gasteiger partial charge in [-0.05, 0) is 23.8 Å². The number of benzene rings is 1. The molecule has 6 nitrogen and oxygen atoms in total. The molecule has 24 heavy (non-hydrogen) atoms. The molecule has 3 aliphatic rings. The predicted molar refractivity (Wildman–Crippen MR) is 86.9 cm³/mol. The molecule has 6 heteroatoms. The normalized spacial score (nSPS) is 22.2. The second-order valence-electron chi connectivity index (χ2n) is 6.35. The van der Waals surface area contributed by atoms with Crippen molar-refractivity contribution in [2.75, 3.05) is 39.7 Å². The van der Waals surface area contributed by atoms with Crippen LogP contribution < -0.4 is 9.47 Å². The highest BCUT2D eigenvalue weighted by atomic mass is 16.7. The molecule has 3 aliphatic heterocycles. The van der Waals surface area contributed by atoms with Crippen molar-refractivity contribution in [3.8, 4) is 11.5 Å². The minimum Gasteiger partial charge on any atom is -0.454 e. The van der Waals surface area contributed by atoms with Crippen molar-refractivity contribution < 1.29 is 23.7 Å². The number of ether oxygens (including phenoxy) is 4. The van der Waals surface area contributed by atoms with Gasteiger partial charge in [-0.1, -0.05) is 6.07 Å². The highest BCUT2D eigenvalue weighted by molar-refractivity contribution is 5.92. The van der Waals surface area contributed by atoms with Crippen molar-refractivity contribution in [3.63, 3.8) is 0 Å². The van der Waals surface area contributed by atoms with Crippen LogP contribution in [0.2, 0.25) is 0 Å². The molecule has 1 aromatic rings. The molecule has 0 saturated carbocycles. The topological polar surface area (TPSA) is 57.2 Å². The van der Waals surface area contributed by atoms with E-state index in [0.29, 0.717) is 32.9 Å². The van der Waals surface area contributed by atoms with E-state index in [2.05, 4.69) is 0 Å². The fourth-order valence-corrected chi connectivity index (χ4v) is 3.37. The van der Waals surface area contributed by atoms with Gasteiger partial charge in [-0.15, -0.1) is 0 Å². The molecule has 1 aromatic carbocycles. The van der Waals surface area contributed by atoms with E-state index in [-0.39, 0.29) is 18.3 Å². The van der Waals surface area contributed by atoms with Crippen LogP contribution in [0.5, 0.6) is 11.5 Å². The van der Waals surface area contributed by atoms with E-state index in [1.807, 2.05) is 29.2 Å². The van der Waals surface area contributed by atoms with E-state index in [9.17, 15) is 4.79 Å². The van der Waals surface area contributed by atoms with Crippen molar-refractivity contribution in [2.24, 2.45) is 0 Å². The third-order valence-corrected chi connectivity index (χ3v) is 4.78. The molecule has 2 fully saturated rings. The van der Waals surface area contributed by atoms with Crippen molar-refractivity contribution in [1.29, 1.82) is 0 Å². The summed E-state index contributed by atoms with van der Waals surface area (Å²) in [6.45, 7) is 3.52. The number of hydrogen-bond acceptors (Lipinski definition) is 5. The molecular formula is C18H21NO5. The Morgan fingerprint density at radius 3 is 2.83 bits per heavy atom. The summed E-state index contributed by atoms with van der Waals surface area (Å²) in [4.78, 5) is 14.4. The fourth-order valence-electron chi connectivity index (χ4n) is 3.37. The Morgan fingerprint density at radius 2 is 1.96 bits per heavy atom. The second kappa shape index (κ2) is 6.45. The zero-order valence-corrected chi connectivity index (χ0v) is 13.5. The van der Waals surface area contributed by atoms with Crippen LogP contribution in [0.4, 0.5) is 0 Å². The summed E-state index contributed by atoms with van der Waals surface area (Å²) >= 11 is 0. The third-order valence-electron chi connectivity index (χ3n) is 4.78. The van der Waals surface area contributed by atoms with E-state index in [4.69, 9.17) is 18.9 Å². The number of carbonyl (C=O) groups is 1. The molecule has 0 N–H and O–H groups in total. The molecule has 0 bridgehead atoms. The van der Waals surface area contributed by atoms with Crippen molar-refractivity contribution in [3.05, 3.63) is 29.8 Å².